The van der Waals surface area contributed by atoms with Gasteiger partial charge in [-0.1, -0.05) is 17.8 Å². The van der Waals surface area contributed by atoms with Crippen LogP contribution in [0.25, 0.3) is 0 Å². The highest BCUT2D eigenvalue weighted by atomic mass is 32.2. The molecule has 0 aliphatic heterocycles. The molecule has 2 aromatic rings. The molecule has 0 unspecified atom stereocenters. The van der Waals surface area contributed by atoms with Crippen LogP contribution in [0, 0.1) is 6.92 Å². The van der Waals surface area contributed by atoms with Crippen LogP contribution in [-0.2, 0) is 17.6 Å². The second kappa shape index (κ2) is 8.94. The summed E-state index contributed by atoms with van der Waals surface area (Å²) >= 11 is 3.19. The molecule has 1 heterocycles. The third-order valence-electron chi connectivity index (χ3n) is 3.55. The van der Waals surface area contributed by atoms with Crippen molar-refractivity contribution in [2.45, 2.75) is 24.1 Å². The number of aromatic nitrogens is 1. The summed E-state index contributed by atoms with van der Waals surface area (Å²) in [7, 11) is 3.23. The Morgan fingerprint density at radius 3 is 2.67 bits per heavy atom. The molecule has 0 saturated carbocycles. The molecule has 0 aliphatic carbocycles. The van der Waals surface area contributed by atoms with Crippen molar-refractivity contribution in [3.05, 3.63) is 34.3 Å². The van der Waals surface area contributed by atoms with Crippen molar-refractivity contribution in [1.82, 2.24) is 10.3 Å². The van der Waals surface area contributed by atoms with Gasteiger partial charge in [0.05, 0.1) is 26.3 Å². The van der Waals surface area contributed by atoms with E-state index in [9.17, 15) is 4.79 Å². The van der Waals surface area contributed by atoms with Crippen LogP contribution in [0.2, 0.25) is 0 Å². The zero-order valence-electron chi connectivity index (χ0n) is 14.3. The highest BCUT2D eigenvalue weighted by Gasteiger charge is 2.11. The first kappa shape index (κ1) is 18.6. The molecule has 0 saturated heterocycles. The maximum absolute atomic E-state index is 12.1. The van der Waals surface area contributed by atoms with Gasteiger partial charge in [-0.15, -0.1) is 11.3 Å². The maximum atomic E-state index is 12.1. The average Bonchev–Trinajstić information content (AvgIpc) is 2.94. The lowest BCUT2D eigenvalue weighted by Crippen LogP contribution is -2.27. The quantitative estimate of drug-likeness (QED) is 0.728. The Hall–Kier alpha value is -1.73. The molecule has 0 aliphatic rings. The van der Waals surface area contributed by atoms with Crippen molar-refractivity contribution in [2.75, 3.05) is 27.0 Å². The lowest BCUT2D eigenvalue weighted by atomic mass is 10.1. The van der Waals surface area contributed by atoms with Gasteiger partial charge in [0, 0.05) is 11.4 Å². The Kier molecular flexibility index (Phi) is 6.93. The van der Waals surface area contributed by atoms with E-state index in [-0.39, 0.29) is 5.91 Å². The molecule has 130 valence electrons. The van der Waals surface area contributed by atoms with Crippen LogP contribution in [0.5, 0.6) is 11.5 Å². The first-order valence-electron chi connectivity index (χ1n) is 7.55. The highest BCUT2D eigenvalue weighted by molar-refractivity contribution is 8.00. The number of nitrogens with one attached hydrogen (secondary N) is 1. The second-order valence-electron chi connectivity index (χ2n) is 5.16. The maximum Gasteiger partial charge on any atom is 0.225 e. The van der Waals surface area contributed by atoms with Crippen molar-refractivity contribution in [3.63, 3.8) is 0 Å². The Bertz CT molecular complexity index is 701. The number of amides is 1. The number of ether oxygens (including phenoxy) is 2. The lowest BCUT2D eigenvalue weighted by Gasteiger charge is -2.10. The number of thiazole rings is 1. The number of hydrogen-bond donors (Lipinski definition) is 1. The zero-order chi connectivity index (χ0) is 17.5. The SMILES string of the molecule is COc1ccc(CCNC(=O)Cc2sc(SC)nc2C)cc1OC. The van der Waals surface area contributed by atoms with Crippen molar-refractivity contribution >= 4 is 29.0 Å². The van der Waals surface area contributed by atoms with Gasteiger partial charge in [-0.2, -0.15) is 0 Å². The fourth-order valence-electron chi connectivity index (χ4n) is 2.24. The van der Waals surface area contributed by atoms with Crippen LogP contribution in [0.3, 0.4) is 0 Å². The third kappa shape index (κ3) is 4.88. The van der Waals surface area contributed by atoms with E-state index >= 15 is 0 Å². The predicted molar refractivity (Wildman–Crippen MR) is 98.6 cm³/mol. The van der Waals surface area contributed by atoms with Gasteiger partial charge < -0.3 is 14.8 Å². The van der Waals surface area contributed by atoms with Gasteiger partial charge in [0.15, 0.2) is 11.5 Å². The van der Waals surface area contributed by atoms with E-state index < -0.39 is 0 Å². The minimum absolute atomic E-state index is 0.0230. The van der Waals surface area contributed by atoms with Crippen molar-refractivity contribution in [2.24, 2.45) is 0 Å². The summed E-state index contributed by atoms with van der Waals surface area (Å²) in [5.41, 5.74) is 2.03. The van der Waals surface area contributed by atoms with E-state index in [1.807, 2.05) is 31.4 Å². The van der Waals surface area contributed by atoms with Crippen LogP contribution in [0.15, 0.2) is 22.5 Å². The number of carbonyl (C=O) groups excluding carboxylic acids is 1. The minimum Gasteiger partial charge on any atom is -0.493 e. The summed E-state index contributed by atoms with van der Waals surface area (Å²) in [6.45, 7) is 2.53. The molecule has 0 atom stereocenters. The van der Waals surface area contributed by atoms with Crippen LogP contribution >= 0.6 is 23.1 Å². The summed E-state index contributed by atoms with van der Waals surface area (Å²) in [4.78, 5) is 17.5. The molecule has 5 nitrogen and oxygen atoms in total. The predicted octanol–water partition coefficient (Wildman–Crippen LogP) is 3.09. The molecule has 0 radical (unpaired) electrons. The van der Waals surface area contributed by atoms with Crippen LogP contribution in [-0.4, -0.2) is 37.9 Å². The highest BCUT2D eigenvalue weighted by Crippen LogP contribution is 2.28. The average molecular weight is 367 g/mol. The Balaban J connectivity index is 1.85. The number of rotatable bonds is 8. The molecule has 1 N–H and O–H groups in total. The molecule has 0 fully saturated rings. The number of nitrogens with zero attached hydrogens (tertiary/aromatic N) is 1. The Morgan fingerprint density at radius 1 is 1.29 bits per heavy atom. The smallest absolute Gasteiger partial charge is 0.225 e. The van der Waals surface area contributed by atoms with E-state index in [0.29, 0.717) is 24.5 Å². The van der Waals surface area contributed by atoms with Gasteiger partial charge in [0.2, 0.25) is 5.91 Å². The largest absolute Gasteiger partial charge is 0.493 e. The fourth-order valence-corrected chi connectivity index (χ4v) is 3.90. The molecule has 1 amide bonds. The van der Waals surface area contributed by atoms with Crippen LogP contribution in [0.1, 0.15) is 16.1 Å². The lowest BCUT2D eigenvalue weighted by molar-refractivity contribution is -0.120. The number of thioether (sulfide) groups is 1. The van der Waals surface area contributed by atoms with E-state index in [2.05, 4.69) is 10.3 Å². The van der Waals surface area contributed by atoms with E-state index in [4.69, 9.17) is 9.47 Å². The Morgan fingerprint density at radius 2 is 2.04 bits per heavy atom. The number of aryl methyl sites for hydroxylation is 1. The molecule has 1 aromatic heterocycles. The zero-order valence-corrected chi connectivity index (χ0v) is 16.0. The summed E-state index contributed by atoms with van der Waals surface area (Å²) in [6.07, 6.45) is 3.12. The van der Waals surface area contributed by atoms with E-state index in [0.717, 1.165) is 26.9 Å². The van der Waals surface area contributed by atoms with Gasteiger partial charge in [-0.05, 0) is 37.3 Å². The molecule has 1 aromatic carbocycles. The number of hydrogen-bond acceptors (Lipinski definition) is 6. The second-order valence-corrected chi connectivity index (χ2v) is 7.30. The fraction of sp³-hybridized carbons (Fsp3) is 0.412. The first-order valence-corrected chi connectivity index (χ1v) is 9.59. The van der Waals surface area contributed by atoms with Crippen molar-refractivity contribution in [1.29, 1.82) is 0 Å². The molecular weight excluding hydrogens is 344 g/mol. The normalized spacial score (nSPS) is 10.5. The van der Waals surface area contributed by atoms with Crippen LogP contribution < -0.4 is 14.8 Å². The number of carbonyl (C=O) groups is 1. The molecular formula is C17H22N2O3S2. The summed E-state index contributed by atoms with van der Waals surface area (Å²) in [5, 5.41) is 2.96. The van der Waals surface area contributed by atoms with Gasteiger partial charge >= 0.3 is 0 Å². The van der Waals surface area contributed by atoms with Crippen LogP contribution in [0.4, 0.5) is 0 Å². The standard InChI is InChI=1S/C17H22N2O3S2/c1-11-15(24-17(19-11)23-4)10-16(20)18-8-7-12-5-6-13(21-2)14(9-12)22-3/h5-6,9H,7-8,10H2,1-4H3,(H,18,20). The van der Waals surface area contributed by atoms with Gasteiger partial charge in [0.1, 0.15) is 4.34 Å². The topological polar surface area (TPSA) is 60.5 Å². The monoisotopic (exact) mass is 366 g/mol. The molecule has 2 rings (SSSR count). The van der Waals surface area contributed by atoms with Crippen molar-refractivity contribution < 1.29 is 14.3 Å². The summed E-state index contributed by atoms with van der Waals surface area (Å²) < 4.78 is 11.5. The molecule has 0 spiro atoms. The number of benzene rings is 1. The number of methoxy groups -OCH3 is 2. The van der Waals surface area contributed by atoms with Gasteiger partial charge in [-0.25, -0.2) is 4.98 Å². The van der Waals surface area contributed by atoms with E-state index in [1.165, 1.54) is 0 Å². The third-order valence-corrected chi connectivity index (χ3v) is 5.70. The minimum atomic E-state index is 0.0230. The molecule has 0 bridgehead atoms. The van der Waals surface area contributed by atoms with Gasteiger partial charge in [-0.3, -0.25) is 4.79 Å². The van der Waals surface area contributed by atoms with Gasteiger partial charge in [0.25, 0.3) is 0 Å². The van der Waals surface area contributed by atoms with Crippen molar-refractivity contribution in [3.8, 4) is 11.5 Å². The molecule has 7 heteroatoms. The molecule has 24 heavy (non-hydrogen) atoms. The summed E-state index contributed by atoms with van der Waals surface area (Å²) in [5.74, 6) is 1.43. The first-order chi connectivity index (χ1) is 11.6. The Labute approximate surface area is 150 Å². The summed E-state index contributed by atoms with van der Waals surface area (Å²) in [6, 6.07) is 5.79. The van der Waals surface area contributed by atoms with E-state index in [1.54, 1.807) is 37.3 Å².